The molecule has 2 N–H and O–H groups in total. The summed E-state index contributed by atoms with van der Waals surface area (Å²) in [5.74, 6) is 2.14. The van der Waals surface area contributed by atoms with Crippen molar-refractivity contribution >= 4 is 5.82 Å². The number of hydrogen-bond acceptors (Lipinski definition) is 2. The van der Waals surface area contributed by atoms with Gasteiger partial charge < -0.3 is 5.73 Å². The topological polar surface area (TPSA) is 38.9 Å². The molecule has 1 fully saturated rings. The van der Waals surface area contributed by atoms with E-state index in [4.69, 9.17) is 5.73 Å². The lowest BCUT2D eigenvalue weighted by molar-refractivity contribution is 0.793. The fraction of sp³-hybridized carbons (Fsp3) is 0.267. The highest BCUT2D eigenvalue weighted by atomic mass is 14.8. The number of anilines is 1. The van der Waals surface area contributed by atoms with Crippen LogP contribution in [0.5, 0.6) is 0 Å². The third-order valence-electron chi connectivity index (χ3n) is 3.56. The molecule has 0 bridgehead atoms. The Hall–Kier alpha value is -1.83. The summed E-state index contributed by atoms with van der Waals surface area (Å²) >= 11 is 0. The van der Waals surface area contributed by atoms with Gasteiger partial charge in [-0.3, -0.25) is 0 Å². The lowest BCUT2D eigenvalue weighted by Crippen LogP contribution is -1.98. The molecular formula is C15H16N2. The van der Waals surface area contributed by atoms with E-state index in [0.717, 1.165) is 18.3 Å². The van der Waals surface area contributed by atoms with Gasteiger partial charge in [0.25, 0.3) is 0 Å². The van der Waals surface area contributed by atoms with E-state index >= 15 is 0 Å². The van der Waals surface area contributed by atoms with Crippen LogP contribution >= 0.6 is 0 Å². The number of rotatable bonds is 3. The quantitative estimate of drug-likeness (QED) is 0.870. The molecule has 1 aromatic carbocycles. The summed E-state index contributed by atoms with van der Waals surface area (Å²) < 4.78 is 0. The second-order valence-corrected chi connectivity index (χ2v) is 4.76. The van der Waals surface area contributed by atoms with Gasteiger partial charge in [-0.05, 0) is 41.9 Å². The number of aromatic nitrogens is 1. The first kappa shape index (κ1) is 10.3. The average molecular weight is 224 g/mol. The molecule has 0 amide bonds. The van der Waals surface area contributed by atoms with Crippen LogP contribution in [0.1, 0.15) is 23.5 Å². The Labute approximate surface area is 102 Å². The van der Waals surface area contributed by atoms with Crippen molar-refractivity contribution in [2.24, 2.45) is 5.92 Å². The number of pyridine rings is 1. The van der Waals surface area contributed by atoms with Crippen LogP contribution in [0.4, 0.5) is 5.82 Å². The highest BCUT2D eigenvalue weighted by Crippen LogP contribution is 2.49. The van der Waals surface area contributed by atoms with Crippen molar-refractivity contribution in [2.75, 3.05) is 5.73 Å². The van der Waals surface area contributed by atoms with Crippen molar-refractivity contribution in [1.82, 2.24) is 4.98 Å². The third-order valence-corrected chi connectivity index (χ3v) is 3.56. The lowest BCUT2D eigenvalue weighted by atomic mass is 10.0. The normalized spacial score (nSPS) is 22.4. The van der Waals surface area contributed by atoms with Crippen LogP contribution < -0.4 is 5.73 Å². The van der Waals surface area contributed by atoms with Crippen molar-refractivity contribution in [3.05, 3.63) is 59.8 Å². The van der Waals surface area contributed by atoms with Gasteiger partial charge in [0.15, 0.2) is 0 Å². The van der Waals surface area contributed by atoms with Crippen molar-refractivity contribution in [1.29, 1.82) is 0 Å². The zero-order valence-corrected chi connectivity index (χ0v) is 9.71. The van der Waals surface area contributed by atoms with E-state index in [9.17, 15) is 0 Å². The summed E-state index contributed by atoms with van der Waals surface area (Å²) in [5.41, 5.74) is 8.52. The SMILES string of the molecule is Nc1ncccc1CC1CC1c1ccccc1. The second-order valence-electron chi connectivity index (χ2n) is 4.76. The average Bonchev–Trinajstić information content (AvgIpc) is 3.13. The van der Waals surface area contributed by atoms with E-state index in [-0.39, 0.29) is 0 Å². The molecule has 0 saturated heterocycles. The fourth-order valence-corrected chi connectivity index (χ4v) is 2.49. The van der Waals surface area contributed by atoms with Crippen molar-refractivity contribution in [3.8, 4) is 0 Å². The number of nitrogens with two attached hydrogens (primary N) is 1. The highest BCUT2D eigenvalue weighted by Gasteiger charge is 2.38. The van der Waals surface area contributed by atoms with E-state index in [1.807, 2.05) is 6.07 Å². The fourth-order valence-electron chi connectivity index (χ4n) is 2.49. The maximum absolute atomic E-state index is 5.87. The van der Waals surface area contributed by atoms with Crippen molar-refractivity contribution < 1.29 is 0 Å². The summed E-state index contributed by atoms with van der Waals surface area (Å²) in [6.45, 7) is 0. The Morgan fingerprint density at radius 2 is 1.94 bits per heavy atom. The molecular weight excluding hydrogens is 208 g/mol. The minimum atomic E-state index is 0.686. The van der Waals surface area contributed by atoms with Crippen LogP contribution in [0, 0.1) is 5.92 Å². The predicted molar refractivity (Wildman–Crippen MR) is 69.6 cm³/mol. The maximum atomic E-state index is 5.87. The Kier molecular flexibility index (Phi) is 2.56. The molecule has 1 heterocycles. The first-order valence-electron chi connectivity index (χ1n) is 6.09. The van der Waals surface area contributed by atoms with E-state index in [2.05, 4.69) is 41.4 Å². The van der Waals surface area contributed by atoms with Crippen molar-refractivity contribution in [2.45, 2.75) is 18.8 Å². The first-order chi connectivity index (χ1) is 8.34. The molecule has 1 aromatic heterocycles. The number of nitrogens with zero attached hydrogens (tertiary/aromatic N) is 1. The van der Waals surface area contributed by atoms with Crippen LogP contribution in [-0.2, 0) is 6.42 Å². The van der Waals surface area contributed by atoms with Gasteiger partial charge in [-0.2, -0.15) is 0 Å². The van der Waals surface area contributed by atoms with Crippen LogP contribution in [0.2, 0.25) is 0 Å². The molecule has 1 aliphatic rings. The smallest absolute Gasteiger partial charge is 0.126 e. The highest BCUT2D eigenvalue weighted by molar-refractivity contribution is 5.40. The van der Waals surface area contributed by atoms with Crippen molar-refractivity contribution in [3.63, 3.8) is 0 Å². The molecule has 2 aromatic rings. The molecule has 0 spiro atoms. The monoisotopic (exact) mass is 224 g/mol. The molecule has 2 unspecified atom stereocenters. The minimum absolute atomic E-state index is 0.686. The Morgan fingerprint density at radius 3 is 2.71 bits per heavy atom. The molecule has 1 saturated carbocycles. The molecule has 1 aliphatic carbocycles. The minimum Gasteiger partial charge on any atom is -0.383 e. The van der Waals surface area contributed by atoms with Crippen LogP contribution in [-0.4, -0.2) is 4.98 Å². The predicted octanol–water partition coefficient (Wildman–Crippen LogP) is 3.01. The van der Waals surface area contributed by atoms with Gasteiger partial charge in [-0.15, -0.1) is 0 Å². The molecule has 17 heavy (non-hydrogen) atoms. The molecule has 2 nitrogen and oxygen atoms in total. The summed E-state index contributed by atoms with van der Waals surface area (Å²) in [6, 6.07) is 14.8. The van der Waals surface area contributed by atoms with Gasteiger partial charge in [0.05, 0.1) is 0 Å². The summed E-state index contributed by atoms with van der Waals surface area (Å²) in [7, 11) is 0. The molecule has 2 heteroatoms. The largest absolute Gasteiger partial charge is 0.383 e. The van der Waals surface area contributed by atoms with E-state index in [1.54, 1.807) is 6.20 Å². The van der Waals surface area contributed by atoms with E-state index in [1.165, 1.54) is 17.5 Å². The summed E-state index contributed by atoms with van der Waals surface area (Å²) in [5, 5.41) is 0. The van der Waals surface area contributed by atoms with Gasteiger partial charge in [0.2, 0.25) is 0 Å². The van der Waals surface area contributed by atoms with Gasteiger partial charge in [-0.25, -0.2) is 4.98 Å². The van der Waals surface area contributed by atoms with Crippen LogP contribution in [0.15, 0.2) is 48.7 Å². The van der Waals surface area contributed by atoms with E-state index in [0.29, 0.717) is 5.82 Å². The van der Waals surface area contributed by atoms with Gasteiger partial charge in [0, 0.05) is 6.20 Å². The standard InChI is InChI=1S/C15H16N2/c16-15-12(7-4-8-17-15)9-13-10-14(13)11-5-2-1-3-6-11/h1-8,13-14H,9-10H2,(H2,16,17). The Balaban J connectivity index is 1.69. The first-order valence-corrected chi connectivity index (χ1v) is 6.09. The zero-order chi connectivity index (χ0) is 11.7. The maximum Gasteiger partial charge on any atom is 0.126 e. The van der Waals surface area contributed by atoms with Crippen LogP contribution in [0.3, 0.4) is 0 Å². The third kappa shape index (κ3) is 2.16. The molecule has 0 radical (unpaired) electrons. The van der Waals surface area contributed by atoms with E-state index < -0.39 is 0 Å². The van der Waals surface area contributed by atoms with Gasteiger partial charge in [0.1, 0.15) is 5.82 Å². The molecule has 2 atom stereocenters. The number of hydrogen-bond donors (Lipinski definition) is 1. The zero-order valence-electron chi connectivity index (χ0n) is 9.71. The molecule has 0 aliphatic heterocycles. The van der Waals surface area contributed by atoms with Crippen LogP contribution in [0.25, 0.3) is 0 Å². The lowest BCUT2D eigenvalue weighted by Gasteiger charge is -2.03. The number of benzene rings is 1. The summed E-state index contributed by atoms with van der Waals surface area (Å²) in [6.07, 6.45) is 4.08. The Morgan fingerprint density at radius 1 is 1.12 bits per heavy atom. The molecule has 86 valence electrons. The number of nitrogen functional groups attached to an aromatic ring is 1. The van der Waals surface area contributed by atoms with Gasteiger partial charge >= 0.3 is 0 Å². The summed E-state index contributed by atoms with van der Waals surface area (Å²) in [4.78, 5) is 4.14. The Bertz CT molecular complexity index is 507. The molecule has 3 rings (SSSR count). The second kappa shape index (κ2) is 4.21. The van der Waals surface area contributed by atoms with Gasteiger partial charge in [-0.1, -0.05) is 36.4 Å².